The lowest BCUT2D eigenvalue weighted by Crippen LogP contribution is -2.44. The molecule has 0 amide bonds. The molecule has 2 aromatic rings. The van der Waals surface area contributed by atoms with Crippen molar-refractivity contribution in [2.75, 3.05) is 32.7 Å². The molecule has 124 valence electrons. The number of hydrogen-bond acceptors (Lipinski definition) is 3. The van der Waals surface area contributed by atoms with Gasteiger partial charge in [0.15, 0.2) is 0 Å². The van der Waals surface area contributed by atoms with E-state index in [4.69, 9.17) is 11.6 Å². The molecule has 5 heteroatoms. The number of pyridine rings is 1. The van der Waals surface area contributed by atoms with Gasteiger partial charge in [0, 0.05) is 37.3 Å². The molecule has 2 saturated heterocycles. The monoisotopic (exact) mass is 332 g/mol. The fraction of sp³-hybridized carbons (Fsp3) is 0.611. The predicted octanol–water partition coefficient (Wildman–Crippen LogP) is 3.25. The lowest BCUT2D eigenvalue weighted by molar-refractivity contribution is 0.136. The van der Waals surface area contributed by atoms with Gasteiger partial charge in [0.25, 0.3) is 0 Å². The highest BCUT2D eigenvalue weighted by atomic mass is 35.5. The molecule has 2 fully saturated rings. The van der Waals surface area contributed by atoms with Gasteiger partial charge in [-0.3, -0.25) is 9.80 Å². The molecular weight excluding hydrogens is 308 g/mol. The van der Waals surface area contributed by atoms with E-state index in [1.54, 1.807) is 0 Å². The summed E-state index contributed by atoms with van der Waals surface area (Å²) in [5.41, 5.74) is 1.01. The van der Waals surface area contributed by atoms with Gasteiger partial charge in [-0.25, -0.2) is 4.98 Å². The number of rotatable bonds is 3. The first-order valence-electron chi connectivity index (χ1n) is 8.87. The van der Waals surface area contributed by atoms with E-state index in [0.29, 0.717) is 5.15 Å². The molecule has 0 N–H and O–H groups in total. The van der Waals surface area contributed by atoms with Crippen molar-refractivity contribution in [1.29, 1.82) is 0 Å². The van der Waals surface area contributed by atoms with Crippen molar-refractivity contribution in [2.45, 2.75) is 38.3 Å². The maximum Gasteiger partial charge on any atom is 0.141 e. The Hall–Kier alpha value is -1.10. The van der Waals surface area contributed by atoms with Crippen molar-refractivity contribution in [3.8, 4) is 0 Å². The third-order valence-electron chi connectivity index (χ3n) is 5.37. The molecule has 0 bridgehead atoms. The lowest BCUT2D eigenvalue weighted by Gasteiger charge is -2.35. The summed E-state index contributed by atoms with van der Waals surface area (Å²) in [6.45, 7) is 7.13. The molecule has 0 radical (unpaired) electrons. The summed E-state index contributed by atoms with van der Waals surface area (Å²) in [4.78, 5) is 9.85. The molecule has 1 atom stereocenters. The van der Waals surface area contributed by atoms with E-state index in [-0.39, 0.29) is 0 Å². The van der Waals surface area contributed by atoms with Crippen molar-refractivity contribution in [2.24, 2.45) is 0 Å². The fourth-order valence-electron chi connectivity index (χ4n) is 4.12. The summed E-state index contributed by atoms with van der Waals surface area (Å²) in [5, 5.41) is 1.74. The zero-order chi connectivity index (χ0) is 15.6. The maximum absolute atomic E-state index is 6.05. The van der Waals surface area contributed by atoms with Crippen molar-refractivity contribution in [3.05, 3.63) is 29.5 Å². The highest BCUT2D eigenvalue weighted by Crippen LogP contribution is 2.21. The summed E-state index contributed by atoms with van der Waals surface area (Å²) >= 11 is 6.05. The van der Waals surface area contributed by atoms with E-state index in [0.717, 1.165) is 24.8 Å². The average molecular weight is 333 g/mol. The van der Waals surface area contributed by atoms with Crippen LogP contribution in [0.2, 0.25) is 5.15 Å². The molecule has 2 aromatic heterocycles. The smallest absolute Gasteiger partial charge is 0.141 e. The van der Waals surface area contributed by atoms with Crippen LogP contribution in [-0.2, 0) is 6.54 Å². The Morgan fingerprint density at radius 3 is 2.91 bits per heavy atom. The topological polar surface area (TPSA) is 24.3 Å². The first-order chi connectivity index (χ1) is 11.3. The highest BCUT2D eigenvalue weighted by Gasteiger charge is 2.26. The van der Waals surface area contributed by atoms with Crippen LogP contribution in [-0.4, -0.2) is 58.1 Å². The largest absolute Gasteiger partial charge is 0.331 e. The van der Waals surface area contributed by atoms with E-state index in [1.807, 2.05) is 12.1 Å². The minimum Gasteiger partial charge on any atom is -0.331 e. The Morgan fingerprint density at radius 1 is 1.04 bits per heavy atom. The van der Waals surface area contributed by atoms with E-state index in [1.165, 1.54) is 57.2 Å². The first kappa shape index (κ1) is 15.4. The number of nitrogens with zero attached hydrogens (tertiary/aromatic N) is 4. The number of hydrogen-bond donors (Lipinski definition) is 0. The summed E-state index contributed by atoms with van der Waals surface area (Å²) in [6.07, 6.45) is 7.60. The Bertz CT molecular complexity index is 668. The van der Waals surface area contributed by atoms with Crippen molar-refractivity contribution in [1.82, 2.24) is 19.4 Å². The molecule has 4 rings (SSSR count). The molecule has 4 nitrogen and oxygen atoms in total. The molecule has 2 aliphatic rings. The van der Waals surface area contributed by atoms with Crippen LogP contribution < -0.4 is 0 Å². The number of piperidine rings is 1. The van der Waals surface area contributed by atoms with Crippen LogP contribution >= 0.6 is 11.6 Å². The van der Waals surface area contributed by atoms with Crippen molar-refractivity contribution < 1.29 is 0 Å². The van der Waals surface area contributed by atoms with Gasteiger partial charge in [0.2, 0.25) is 0 Å². The Kier molecular flexibility index (Phi) is 4.56. The second-order valence-corrected chi connectivity index (χ2v) is 7.28. The lowest BCUT2D eigenvalue weighted by atomic mass is 10.0. The first-order valence-corrected chi connectivity index (χ1v) is 9.25. The normalized spacial score (nSPS) is 23.8. The Labute approximate surface area is 143 Å². The molecule has 2 aliphatic heterocycles. The molecule has 0 aromatic carbocycles. The van der Waals surface area contributed by atoms with Crippen LogP contribution in [0.4, 0.5) is 0 Å². The third-order valence-corrected chi connectivity index (χ3v) is 5.58. The van der Waals surface area contributed by atoms with Gasteiger partial charge in [-0.15, -0.1) is 0 Å². The van der Waals surface area contributed by atoms with Gasteiger partial charge >= 0.3 is 0 Å². The Balaban J connectivity index is 1.42. The summed E-state index contributed by atoms with van der Waals surface area (Å²) < 4.78 is 2.24. The van der Waals surface area contributed by atoms with Gasteiger partial charge < -0.3 is 4.57 Å². The molecule has 0 saturated carbocycles. The van der Waals surface area contributed by atoms with Crippen LogP contribution in [0.5, 0.6) is 0 Å². The SMILES string of the molecule is Clc1ccc2ccn(CCN3CCCN4CCCC[C@@H]4C3)c2n1. The fourth-order valence-corrected chi connectivity index (χ4v) is 4.26. The molecule has 23 heavy (non-hydrogen) atoms. The average Bonchev–Trinajstić information content (AvgIpc) is 2.83. The number of fused-ring (bicyclic) bond motifs is 2. The van der Waals surface area contributed by atoms with E-state index >= 15 is 0 Å². The zero-order valence-electron chi connectivity index (χ0n) is 13.6. The van der Waals surface area contributed by atoms with Gasteiger partial charge in [-0.2, -0.15) is 0 Å². The van der Waals surface area contributed by atoms with Crippen LogP contribution in [0.15, 0.2) is 24.4 Å². The van der Waals surface area contributed by atoms with E-state index in [2.05, 4.69) is 31.6 Å². The van der Waals surface area contributed by atoms with Crippen LogP contribution in [0.3, 0.4) is 0 Å². The van der Waals surface area contributed by atoms with Crippen LogP contribution in [0.25, 0.3) is 11.0 Å². The molecule has 4 heterocycles. The minimum absolute atomic E-state index is 0.574. The summed E-state index contributed by atoms with van der Waals surface area (Å²) in [5.74, 6) is 0. The number of halogens is 1. The van der Waals surface area contributed by atoms with Crippen LogP contribution in [0, 0.1) is 0 Å². The zero-order valence-corrected chi connectivity index (χ0v) is 14.4. The van der Waals surface area contributed by atoms with Gasteiger partial charge in [0.05, 0.1) is 0 Å². The molecule has 0 spiro atoms. The van der Waals surface area contributed by atoms with Gasteiger partial charge in [-0.05, 0) is 57.1 Å². The molecule has 0 unspecified atom stereocenters. The summed E-state index contributed by atoms with van der Waals surface area (Å²) in [7, 11) is 0. The minimum atomic E-state index is 0.574. The molecule has 0 aliphatic carbocycles. The van der Waals surface area contributed by atoms with Crippen molar-refractivity contribution >= 4 is 22.6 Å². The summed E-state index contributed by atoms with van der Waals surface area (Å²) in [6, 6.07) is 6.82. The van der Waals surface area contributed by atoms with Gasteiger partial charge in [0.1, 0.15) is 10.8 Å². The predicted molar refractivity (Wildman–Crippen MR) is 95.0 cm³/mol. The van der Waals surface area contributed by atoms with Gasteiger partial charge in [-0.1, -0.05) is 18.0 Å². The highest BCUT2D eigenvalue weighted by molar-refractivity contribution is 6.29. The maximum atomic E-state index is 6.05. The third kappa shape index (κ3) is 3.39. The van der Waals surface area contributed by atoms with Crippen molar-refractivity contribution in [3.63, 3.8) is 0 Å². The second kappa shape index (κ2) is 6.80. The second-order valence-electron chi connectivity index (χ2n) is 6.90. The van der Waals surface area contributed by atoms with E-state index < -0.39 is 0 Å². The number of aromatic nitrogens is 2. The molecular formula is C18H25ClN4. The Morgan fingerprint density at radius 2 is 1.96 bits per heavy atom. The van der Waals surface area contributed by atoms with Crippen LogP contribution in [0.1, 0.15) is 25.7 Å². The quantitative estimate of drug-likeness (QED) is 0.806. The standard InChI is InChI=1S/C18H25ClN4/c19-17-6-5-15-7-11-23(18(15)20-17)13-12-21-8-3-10-22-9-2-1-4-16(22)14-21/h5-7,11,16H,1-4,8-10,12-14H2/t16-/m1/s1. The van der Waals surface area contributed by atoms with E-state index in [9.17, 15) is 0 Å².